The summed E-state index contributed by atoms with van der Waals surface area (Å²) in [6.45, 7) is 9.47. The van der Waals surface area contributed by atoms with Crippen LogP contribution in [0.1, 0.15) is 213 Å². The Morgan fingerprint density at radius 1 is 0.325 bits per heavy atom. The summed E-state index contributed by atoms with van der Waals surface area (Å²) in [4.78, 5) is 5.39. The van der Waals surface area contributed by atoms with Crippen LogP contribution in [-0.4, -0.2) is 29.1 Å². The molecule has 0 fully saturated rings. The molecule has 0 bridgehead atoms. The van der Waals surface area contributed by atoms with Crippen molar-refractivity contribution >= 4 is 0 Å². The molecule has 1 rings (SSSR count). The average molecular weight is 561 g/mol. The van der Waals surface area contributed by atoms with E-state index in [2.05, 4.69) is 43.0 Å². The fourth-order valence-corrected chi connectivity index (χ4v) is 6.54. The highest BCUT2D eigenvalue weighted by molar-refractivity contribution is 4.97. The Morgan fingerprint density at radius 3 is 0.900 bits per heavy atom. The van der Waals surface area contributed by atoms with Gasteiger partial charge >= 0.3 is 0 Å². The van der Waals surface area contributed by atoms with Crippen molar-refractivity contribution in [1.82, 2.24) is 9.80 Å². The number of nitrogens with zero attached hydrogens (tertiary/aromatic N) is 2. The van der Waals surface area contributed by atoms with Crippen LogP contribution in [0.4, 0.5) is 0 Å². The minimum Gasteiger partial charge on any atom is -0.356 e. The second-order valence-corrected chi connectivity index (χ2v) is 13.2. The number of rotatable bonds is 32. The van der Waals surface area contributed by atoms with Crippen LogP contribution in [0.25, 0.3) is 0 Å². The first-order chi connectivity index (χ1) is 19.8. The molecule has 0 aromatic heterocycles. The van der Waals surface area contributed by atoms with Gasteiger partial charge in [0, 0.05) is 25.5 Å². The topological polar surface area (TPSA) is 6.48 Å². The smallest absolute Gasteiger partial charge is 0.101 e. The predicted molar refractivity (Wildman–Crippen MR) is 182 cm³/mol. The zero-order chi connectivity index (χ0) is 28.8. The Kier molecular flexibility index (Phi) is 27.9. The molecule has 0 amide bonds. The fourth-order valence-electron chi connectivity index (χ4n) is 6.54. The summed E-state index contributed by atoms with van der Waals surface area (Å²) < 4.78 is 0. The monoisotopic (exact) mass is 561 g/mol. The van der Waals surface area contributed by atoms with Crippen LogP contribution in [0.2, 0.25) is 0 Å². The summed E-state index contributed by atoms with van der Waals surface area (Å²) in [6, 6.07) is 0. The second kappa shape index (κ2) is 29.8. The molecule has 2 nitrogen and oxygen atoms in total. The van der Waals surface area contributed by atoms with Gasteiger partial charge in [-0.3, -0.25) is 0 Å². The SMILES string of the molecule is CCCCCCCCCCCCCCCCCCN1C=CN(CCCCCC)C1CCCCCCCCCCC. The van der Waals surface area contributed by atoms with E-state index in [-0.39, 0.29) is 0 Å². The van der Waals surface area contributed by atoms with E-state index >= 15 is 0 Å². The molecule has 1 aliphatic heterocycles. The molecule has 1 aliphatic rings. The van der Waals surface area contributed by atoms with Crippen LogP contribution in [0.5, 0.6) is 0 Å². The van der Waals surface area contributed by atoms with E-state index in [1.54, 1.807) is 0 Å². The zero-order valence-corrected chi connectivity index (χ0v) is 28.3. The molecule has 0 aromatic rings. The first-order valence-corrected chi connectivity index (χ1v) is 19.0. The Hall–Kier alpha value is -0.660. The standard InChI is InChI=1S/C38H76N2/c1-4-7-10-13-15-17-18-19-20-21-22-23-25-27-29-32-35-40-37-36-39(34-31-12-9-6-3)38(40)33-30-28-26-24-16-14-11-8-5-2/h36-38H,4-35H2,1-3H3. The van der Waals surface area contributed by atoms with Crippen molar-refractivity contribution in [3.63, 3.8) is 0 Å². The third-order valence-electron chi connectivity index (χ3n) is 9.32. The van der Waals surface area contributed by atoms with Gasteiger partial charge in [0.05, 0.1) is 0 Å². The van der Waals surface area contributed by atoms with E-state index in [0.717, 1.165) is 0 Å². The third kappa shape index (κ3) is 22.0. The molecule has 40 heavy (non-hydrogen) atoms. The van der Waals surface area contributed by atoms with Gasteiger partial charge in [0.15, 0.2) is 0 Å². The lowest BCUT2D eigenvalue weighted by atomic mass is 10.0. The molecule has 2 heteroatoms. The molecule has 0 N–H and O–H groups in total. The molecular formula is C38H76N2. The van der Waals surface area contributed by atoms with Gasteiger partial charge < -0.3 is 9.80 Å². The van der Waals surface area contributed by atoms with Crippen molar-refractivity contribution in [2.75, 3.05) is 13.1 Å². The number of unbranched alkanes of at least 4 members (excludes halogenated alkanes) is 26. The molecule has 1 heterocycles. The van der Waals surface area contributed by atoms with Crippen molar-refractivity contribution in [2.45, 2.75) is 220 Å². The molecule has 0 radical (unpaired) electrons. The van der Waals surface area contributed by atoms with Gasteiger partial charge in [-0.2, -0.15) is 0 Å². The van der Waals surface area contributed by atoms with Gasteiger partial charge in [0.25, 0.3) is 0 Å². The van der Waals surface area contributed by atoms with Gasteiger partial charge in [-0.1, -0.05) is 188 Å². The average Bonchev–Trinajstić information content (AvgIpc) is 3.35. The van der Waals surface area contributed by atoms with Crippen LogP contribution in [-0.2, 0) is 0 Å². The summed E-state index contributed by atoms with van der Waals surface area (Å²) in [5.74, 6) is 0. The summed E-state index contributed by atoms with van der Waals surface area (Å²) in [5, 5.41) is 0. The Morgan fingerprint density at radius 2 is 0.575 bits per heavy atom. The van der Waals surface area contributed by atoms with E-state index in [1.165, 1.54) is 206 Å². The third-order valence-corrected chi connectivity index (χ3v) is 9.32. The van der Waals surface area contributed by atoms with Gasteiger partial charge in [-0.25, -0.2) is 0 Å². The van der Waals surface area contributed by atoms with Crippen molar-refractivity contribution < 1.29 is 0 Å². The molecule has 0 aliphatic carbocycles. The summed E-state index contributed by atoms with van der Waals surface area (Å²) >= 11 is 0. The lowest BCUT2D eigenvalue weighted by molar-refractivity contribution is 0.135. The molecule has 0 aromatic carbocycles. The molecule has 0 saturated heterocycles. The highest BCUT2D eigenvalue weighted by Gasteiger charge is 2.24. The van der Waals surface area contributed by atoms with Gasteiger partial charge in [-0.15, -0.1) is 0 Å². The maximum absolute atomic E-state index is 2.70. The molecule has 1 atom stereocenters. The van der Waals surface area contributed by atoms with Crippen molar-refractivity contribution in [3.05, 3.63) is 12.4 Å². The first kappa shape index (κ1) is 37.4. The van der Waals surface area contributed by atoms with E-state index in [0.29, 0.717) is 6.17 Å². The Balaban J connectivity index is 2.09. The van der Waals surface area contributed by atoms with Gasteiger partial charge in [0.1, 0.15) is 6.17 Å². The van der Waals surface area contributed by atoms with E-state index < -0.39 is 0 Å². The van der Waals surface area contributed by atoms with Crippen molar-refractivity contribution in [2.24, 2.45) is 0 Å². The maximum atomic E-state index is 2.70. The number of hydrogen-bond donors (Lipinski definition) is 0. The minimum absolute atomic E-state index is 0.641. The van der Waals surface area contributed by atoms with Gasteiger partial charge in [0.2, 0.25) is 0 Å². The fraction of sp³-hybridized carbons (Fsp3) is 0.947. The van der Waals surface area contributed by atoms with Crippen LogP contribution in [0.15, 0.2) is 12.4 Å². The molecule has 238 valence electrons. The lowest BCUT2D eigenvalue weighted by Crippen LogP contribution is -2.39. The largest absolute Gasteiger partial charge is 0.356 e. The normalized spacial score (nSPS) is 15.1. The van der Waals surface area contributed by atoms with Crippen LogP contribution >= 0.6 is 0 Å². The van der Waals surface area contributed by atoms with E-state index in [4.69, 9.17) is 0 Å². The number of hydrogen-bond acceptors (Lipinski definition) is 2. The molecule has 1 unspecified atom stereocenters. The summed E-state index contributed by atoms with van der Waals surface area (Å²) in [7, 11) is 0. The van der Waals surface area contributed by atoms with Crippen LogP contribution in [0, 0.1) is 0 Å². The lowest BCUT2D eigenvalue weighted by Gasteiger charge is -2.33. The Labute approximate surface area is 254 Å². The highest BCUT2D eigenvalue weighted by Crippen LogP contribution is 2.24. The molecular weight excluding hydrogens is 484 g/mol. The second-order valence-electron chi connectivity index (χ2n) is 13.2. The molecule has 0 spiro atoms. The molecule has 0 saturated carbocycles. The maximum Gasteiger partial charge on any atom is 0.101 e. The zero-order valence-electron chi connectivity index (χ0n) is 28.3. The van der Waals surface area contributed by atoms with Crippen LogP contribution < -0.4 is 0 Å². The predicted octanol–water partition coefficient (Wildman–Crippen LogP) is 13.2. The van der Waals surface area contributed by atoms with Crippen molar-refractivity contribution in [3.8, 4) is 0 Å². The first-order valence-electron chi connectivity index (χ1n) is 19.0. The Bertz CT molecular complexity index is 516. The quantitative estimate of drug-likeness (QED) is 0.0755. The van der Waals surface area contributed by atoms with E-state index in [1.807, 2.05) is 0 Å². The van der Waals surface area contributed by atoms with Crippen molar-refractivity contribution in [1.29, 1.82) is 0 Å². The van der Waals surface area contributed by atoms with Gasteiger partial charge in [-0.05, 0) is 25.7 Å². The summed E-state index contributed by atoms with van der Waals surface area (Å²) in [6.07, 6.45) is 48.5. The van der Waals surface area contributed by atoms with Crippen LogP contribution in [0.3, 0.4) is 0 Å². The minimum atomic E-state index is 0.641. The summed E-state index contributed by atoms with van der Waals surface area (Å²) in [5.41, 5.74) is 0. The van der Waals surface area contributed by atoms with E-state index in [9.17, 15) is 0 Å². The highest BCUT2D eigenvalue weighted by atomic mass is 15.4.